The molecule has 3 N–H and O–H groups in total. The lowest BCUT2D eigenvalue weighted by Gasteiger charge is -2.05. The monoisotopic (exact) mass is 203 g/mol. The Morgan fingerprint density at radius 1 is 1.55 bits per heavy atom. The van der Waals surface area contributed by atoms with Gasteiger partial charge in [-0.15, -0.1) is 0 Å². The SMILES string of the molecule is O=C([O-])CNCP(=O)(O)O.[PH4+]. The van der Waals surface area contributed by atoms with E-state index in [4.69, 9.17) is 9.79 Å². The maximum absolute atomic E-state index is 10.0. The van der Waals surface area contributed by atoms with Crippen LogP contribution in [-0.4, -0.2) is 28.6 Å². The van der Waals surface area contributed by atoms with Gasteiger partial charge in [-0.2, -0.15) is 0 Å². The molecule has 11 heavy (non-hydrogen) atoms. The predicted molar refractivity (Wildman–Crippen MR) is 42.4 cm³/mol. The van der Waals surface area contributed by atoms with E-state index in [0.717, 1.165) is 0 Å². The van der Waals surface area contributed by atoms with Crippen LogP contribution in [0.15, 0.2) is 0 Å². The fraction of sp³-hybridized carbons (Fsp3) is 0.667. The maximum Gasteiger partial charge on any atom is 0.339 e. The molecule has 0 bridgehead atoms. The molecule has 8 heteroatoms. The first-order chi connectivity index (χ1) is 4.42. The molecule has 0 aliphatic carbocycles. The Hall–Kier alpha value is 0.01000. The van der Waals surface area contributed by atoms with E-state index in [0.29, 0.717) is 0 Å². The highest BCUT2D eigenvalue weighted by Gasteiger charge is 2.10. The van der Waals surface area contributed by atoms with Gasteiger partial charge in [0.25, 0.3) is 0 Å². The van der Waals surface area contributed by atoms with Gasteiger partial charge in [0, 0.05) is 6.54 Å². The number of carbonyl (C=O) groups is 1. The number of hydrogen-bond donors (Lipinski definition) is 3. The number of carboxylic acids is 1. The van der Waals surface area contributed by atoms with Crippen LogP contribution in [0, 0.1) is 0 Å². The third-order valence-corrected chi connectivity index (χ3v) is 1.22. The molecule has 1 atom stereocenters. The summed E-state index contributed by atoms with van der Waals surface area (Å²) in [5.41, 5.74) is 0. The summed E-state index contributed by atoms with van der Waals surface area (Å²) in [5.74, 6) is -1.39. The molecule has 0 aliphatic heterocycles. The van der Waals surface area contributed by atoms with Crippen molar-refractivity contribution in [3.63, 3.8) is 0 Å². The summed E-state index contributed by atoms with van der Waals surface area (Å²) in [6, 6.07) is 0. The van der Waals surface area contributed by atoms with E-state index in [-0.39, 0.29) is 9.90 Å². The Balaban J connectivity index is 0. The van der Waals surface area contributed by atoms with Gasteiger partial charge >= 0.3 is 7.60 Å². The predicted octanol–water partition coefficient (Wildman–Crippen LogP) is -2.75. The van der Waals surface area contributed by atoms with E-state index in [9.17, 15) is 14.5 Å². The first-order valence-electron chi connectivity index (χ1n) is 2.37. The lowest BCUT2D eigenvalue weighted by atomic mass is 10.7. The van der Waals surface area contributed by atoms with Crippen LogP contribution in [0.4, 0.5) is 0 Å². The molecule has 0 spiro atoms. The van der Waals surface area contributed by atoms with Crippen LogP contribution >= 0.6 is 17.5 Å². The quantitative estimate of drug-likeness (QED) is 0.427. The van der Waals surface area contributed by atoms with E-state index >= 15 is 0 Å². The lowest BCUT2D eigenvalue weighted by molar-refractivity contribution is -0.303. The van der Waals surface area contributed by atoms with Gasteiger partial charge in [0.2, 0.25) is 0 Å². The van der Waals surface area contributed by atoms with E-state index in [1.807, 2.05) is 5.32 Å². The van der Waals surface area contributed by atoms with Crippen molar-refractivity contribution in [2.75, 3.05) is 12.8 Å². The van der Waals surface area contributed by atoms with Crippen molar-refractivity contribution in [2.45, 2.75) is 0 Å². The highest BCUT2D eigenvalue weighted by atomic mass is 31.2. The fourth-order valence-corrected chi connectivity index (χ4v) is 0.707. The number of carbonyl (C=O) groups excluding carboxylic acids is 1. The van der Waals surface area contributed by atoms with Gasteiger partial charge in [-0.1, -0.05) is 0 Å². The van der Waals surface area contributed by atoms with Crippen molar-refractivity contribution in [2.24, 2.45) is 0 Å². The molecule has 0 aromatic carbocycles. The summed E-state index contributed by atoms with van der Waals surface area (Å²) in [6.07, 6.45) is -0.638. The molecule has 0 heterocycles. The standard InChI is InChI=1S/C3H8NO5P.H3P/c5-3(6)1-4-2-10(7,8)9;/h4H,1-2H2,(H,5,6)(H2,7,8,9);1H3. The van der Waals surface area contributed by atoms with E-state index < -0.39 is 26.4 Å². The zero-order valence-corrected chi connectivity index (χ0v) is 8.88. The van der Waals surface area contributed by atoms with Crippen molar-refractivity contribution in [1.82, 2.24) is 5.32 Å². The number of aliphatic carboxylic acids is 1. The van der Waals surface area contributed by atoms with E-state index in [1.165, 1.54) is 0 Å². The van der Waals surface area contributed by atoms with Crippen molar-refractivity contribution in [3.05, 3.63) is 0 Å². The van der Waals surface area contributed by atoms with Crippen molar-refractivity contribution < 1.29 is 24.3 Å². The zero-order chi connectivity index (χ0) is 8.20. The molecule has 6 nitrogen and oxygen atoms in total. The number of nitrogens with one attached hydrogen (secondary N) is 1. The molecular formula is C3H11NO5P2. The van der Waals surface area contributed by atoms with Gasteiger partial charge in [0.1, 0.15) is 0 Å². The minimum Gasteiger partial charge on any atom is -0.549 e. The molecule has 0 fully saturated rings. The largest absolute Gasteiger partial charge is 0.549 e. The number of hydrogen-bond acceptors (Lipinski definition) is 4. The molecule has 0 saturated carbocycles. The first kappa shape index (κ1) is 13.6. The highest BCUT2D eigenvalue weighted by molar-refractivity contribution is 7.51. The zero-order valence-electron chi connectivity index (χ0n) is 5.98. The Labute approximate surface area is 66.8 Å². The Morgan fingerprint density at radius 3 is 2.27 bits per heavy atom. The minimum atomic E-state index is -4.12. The molecular weight excluding hydrogens is 192 g/mol. The maximum atomic E-state index is 10.0. The van der Waals surface area contributed by atoms with Crippen LogP contribution in [0.2, 0.25) is 0 Å². The van der Waals surface area contributed by atoms with Gasteiger partial charge in [-0.25, -0.2) is 0 Å². The van der Waals surface area contributed by atoms with Gasteiger partial charge in [0.15, 0.2) is 0 Å². The minimum absolute atomic E-state index is 0. The molecule has 0 amide bonds. The van der Waals surface area contributed by atoms with Crippen molar-refractivity contribution in [3.8, 4) is 0 Å². The summed E-state index contributed by atoms with van der Waals surface area (Å²) in [6.45, 7) is -0.550. The second-order valence-corrected chi connectivity index (χ2v) is 3.27. The first-order valence-corrected chi connectivity index (χ1v) is 4.17. The summed E-state index contributed by atoms with van der Waals surface area (Å²) >= 11 is 0. The molecule has 0 aromatic rings. The van der Waals surface area contributed by atoms with Crippen molar-refractivity contribution >= 4 is 23.5 Å². The topological polar surface area (TPSA) is 110 Å². The highest BCUT2D eigenvalue weighted by Crippen LogP contribution is 2.31. The van der Waals surface area contributed by atoms with Gasteiger partial charge in [-0.05, 0) is 9.90 Å². The van der Waals surface area contributed by atoms with Crippen LogP contribution in [0.1, 0.15) is 0 Å². The van der Waals surface area contributed by atoms with Crippen molar-refractivity contribution in [1.29, 1.82) is 0 Å². The van der Waals surface area contributed by atoms with Gasteiger partial charge in [-0.3, -0.25) is 4.57 Å². The Morgan fingerprint density at radius 2 is 2.00 bits per heavy atom. The third kappa shape index (κ3) is 13.1. The second-order valence-electron chi connectivity index (χ2n) is 1.62. The molecule has 0 aliphatic rings. The summed E-state index contributed by atoms with van der Waals surface area (Å²) < 4.78 is 10.0. The second kappa shape index (κ2) is 5.63. The fourth-order valence-electron chi connectivity index (χ4n) is 0.304. The van der Waals surface area contributed by atoms with Gasteiger partial charge < -0.3 is 25.0 Å². The van der Waals surface area contributed by atoms with Crippen LogP contribution in [0.25, 0.3) is 0 Å². The van der Waals surface area contributed by atoms with E-state index in [1.54, 1.807) is 0 Å². The molecule has 0 aromatic heterocycles. The van der Waals surface area contributed by atoms with Crippen LogP contribution < -0.4 is 10.4 Å². The average Bonchev–Trinajstić information content (AvgIpc) is 1.59. The molecule has 0 saturated heterocycles. The normalized spacial score (nSPS) is 10.4. The van der Waals surface area contributed by atoms with Crippen LogP contribution in [-0.2, 0) is 9.36 Å². The molecule has 0 rings (SSSR count). The Bertz CT molecular complexity index is 165. The van der Waals surface area contributed by atoms with Crippen LogP contribution in [0.3, 0.4) is 0 Å². The lowest BCUT2D eigenvalue weighted by Crippen LogP contribution is -2.34. The van der Waals surface area contributed by atoms with Crippen LogP contribution in [0.5, 0.6) is 0 Å². The third-order valence-electron chi connectivity index (χ3n) is 0.587. The van der Waals surface area contributed by atoms with Gasteiger partial charge in [0.05, 0.1) is 12.3 Å². The Kier molecular flexibility index (Phi) is 6.96. The molecule has 0 radical (unpaired) electrons. The number of rotatable bonds is 4. The number of carboxylic acid groups (broad SMARTS) is 1. The average molecular weight is 203 g/mol. The van der Waals surface area contributed by atoms with E-state index in [2.05, 4.69) is 0 Å². The summed E-state index contributed by atoms with van der Waals surface area (Å²) in [5, 5.41) is 11.7. The molecule has 1 unspecified atom stereocenters. The molecule has 68 valence electrons. The smallest absolute Gasteiger partial charge is 0.339 e. The summed E-state index contributed by atoms with van der Waals surface area (Å²) in [4.78, 5) is 26.0. The summed E-state index contributed by atoms with van der Waals surface area (Å²) in [7, 11) is -4.12.